The number of amides is 1. The van der Waals surface area contributed by atoms with Crippen LogP contribution in [0.3, 0.4) is 0 Å². The molecule has 1 unspecified atom stereocenters. The lowest BCUT2D eigenvalue weighted by atomic mass is 10.2. The molecule has 3 aromatic rings. The van der Waals surface area contributed by atoms with Crippen LogP contribution in [0.2, 0.25) is 0 Å². The van der Waals surface area contributed by atoms with Crippen LogP contribution in [0.25, 0.3) is 11.4 Å². The van der Waals surface area contributed by atoms with Crippen molar-refractivity contribution in [2.75, 3.05) is 23.8 Å². The maximum absolute atomic E-state index is 12.7. The lowest BCUT2D eigenvalue weighted by Crippen LogP contribution is -2.20. The van der Waals surface area contributed by atoms with E-state index in [4.69, 9.17) is 9.26 Å². The normalized spacial score (nSPS) is 16.1. The van der Waals surface area contributed by atoms with Crippen molar-refractivity contribution in [2.45, 2.75) is 25.9 Å². The van der Waals surface area contributed by atoms with Crippen molar-refractivity contribution in [3.8, 4) is 11.4 Å². The van der Waals surface area contributed by atoms with Crippen LogP contribution in [0.15, 0.2) is 47.0 Å². The monoisotopic (exact) mass is 379 g/mol. The number of nitrogens with zero attached hydrogens (tertiary/aromatic N) is 3. The van der Waals surface area contributed by atoms with E-state index < -0.39 is 0 Å². The van der Waals surface area contributed by atoms with E-state index in [2.05, 4.69) is 25.8 Å². The number of aromatic nitrogens is 3. The van der Waals surface area contributed by atoms with Gasteiger partial charge in [0.25, 0.3) is 5.91 Å². The molecule has 1 atom stereocenters. The highest BCUT2D eigenvalue weighted by atomic mass is 16.5. The highest BCUT2D eigenvalue weighted by Gasteiger charge is 2.18. The summed E-state index contributed by atoms with van der Waals surface area (Å²) >= 11 is 0. The average Bonchev–Trinajstić information content (AvgIpc) is 3.38. The number of aryl methyl sites for hydroxylation is 1. The van der Waals surface area contributed by atoms with Crippen LogP contribution >= 0.6 is 0 Å². The molecule has 2 aromatic heterocycles. The number of anilines is 2. The highest BCUT2D eigenvalue weighted by Crippen LogP contribution is 2.20. The van der Waals surface area contributed by atoms with Crippen molar-refractivity contribution in [3.05, 3.63) is 53.9 Å². The third kappa shape index (κ3) is 4.34. The summed E-state index contributed by atoms with van der Waals surface area (Å²) in [4.78, 5) is 21.7. The number of hydrogen-bond acceptors (Lipinski definition) is 7. The summed E-state index contributed by atoms with van der Waals surface area (Å²) in [5.41, 5.74) is 1.07. The van der Waals surface area contributed by atoms with Crippen LogP contribution in [-0.4, -0.2) is 40.3 Å². The Morgan fingerprint density at radius 1 is 1.18 bits per heavy atom. The quantitative estimate of drug-likeness (QED) is 0.677. The zero-order valence-electron chi connectivity index (χ0n) is 15.5. The molecule has 1 aliphatic heterocycles. The van der Waals surface area contributed by atoms with Crippen molar-refractivity contribution < 1.29 is 14.1 Å². The van der Waals surface area contributed by atoms with Gasteiger partial charge in [-0.2, -0.15) is 0 Å². The van der Waals surface area contributed by atoms with Gasteiger partial charge in [-0.1, -0.05) is 35.5 Å². The van der Waals surface area contributed by atoms with Gasteiger partial charge in [-0.25, -0.2) is 9.97 Å². The van der Waals surface area contributed by atoms with E-state index in [1.54, 1.807) is 19.1 Å². The van der Waals surface area contributed by atoms with E-state index in [-0.39, 0.29) is 17.7 Å². The predicted octanol–water partition coefficient (Wildman–Crippen LogP) is 3.28. The van der Waals surface area contributed by atoms with Crippen molar-refractivity contribution in [1.82, 2.24) is 15.1 Å². The van der Waals surface area contributed by atoms with Crippen LogP contribution in [0.1, 0.15) is 29.1 Å². The summed E-state index contributed by atoms with van der Waals surface area (Å²) < 4.78 is 10.6. The number of benzene rings is 1. The molecule has 0 spiro atoms. The smallest absolute Gasteiger partial charge is 0.275 e. The largest absolute Gasteiger partial charge is 0.376 e. The second-order valence-corrected chi connectivity index (χ2v) is 6.62. The van der Waals surface area contributed by atoms with Gasteiger partial charge in [-0.15, -0.1) is 0 Å². The molecule has 0 bridgehead atoms. The second kappa shape index (κ2) is 8.18. The number of carbonyl (C=O) groups excluding carboxylic acids is 1. The Morgan fingerprint density at radius 2 is 2.04 bits per heavy atom. The maximum Gasteiger partial charge on any atom is 0.275 e. The van der Waals surface area contributed by atoms with E-state index in [1.165, 1.54) is 0 Å². The first-order valence-corrected chi connectivity index (χ1v) is 9.22. The summed E-state index contributed by atoms with van der Waals surface area (Å²) in [6.45, 7) is 3.18. The van der Waals surface area contributed by atoms with Crippen molar-refractivity contribution >= 4 is 17.5 Å². The predicted molar refractivity (Wildman–Crippen MR) is 104 cm³/mol. The van der Waals surface area contributed by atoms with Crippen molar-refractivity contribution in [3.63, 3.8) is 0 Å². The fourth-order valence-corrected chi connectivity index (χ4v) is 3.00. The van der Waals surface area contributed by atoms with Gasteiger partial charge in [-0.3, -0.25) is 4.79 Å². The summed E-state index contributed by atoms with van der Waals surface area (Å²) in [7, 11) is 0. The molecule has 0 saturated carbocycles. The molecule has 4 rings (SSSR count). The molecule has 28 heavy (non-hydrogen) atoms. The zero-order chi connectivity index (χ0) is 19.3. The molecule has 0 radical (unpaired) electrons. The Hall–Kier alpha value is -3.26. The van der Waals surface area contributed by atoms with Gasteiger partial charge in [0, 0.05) is 30.8 Å². The van der Waals surface area contributed by atoms with Crippen LogP contribution in [0.5, 0.6) is 0 Å². The summed E-state index contributed by atoms with van der Waals surface area (Å²) in [5.74, 6) is 1.62. The van der Waals surface area contributed by atoms with Gasteiger partial charge < -0.3 is 19.9 Å². The number of hydrogen-bond donors (Lipinski definition) is 2. The Morgan fingerprint density at radius 3 is 2.75 bits per heavy atom. The first kappa shape index (κ1) is 18.1. The SMILES string of the molecule is Cc1cc(NC(=O)c2cc(NCC3CCCO3)nc(-c3ccccc3)n2)no1. The minimum Gasteiger partial charge on any atom is -0.376 e. The molecule has 1 saturated heterocycles. The molecule has 0 aliphatic carbocycles. The summed E-state index contributed by atoms with van der Waals surface area (Å²) in [6, 6.07) is 12.8. The first-order valence-electron chi connectivity index (χ1n) is 9.22. The van der Waals surface area contributed by atoms with E-state index >= 15 is 0 Å². The first-order chi connectivity index (χ1) is 13.7. The third-order valence-electron chi connectivity index (χ3n) is 4.40. The van der Waals surface area contributed by atoms with Crippen LogP contribution in [0, 0.1) is 6.92 Å². The van der Waals surface area contributed by atoms with Gasteiger partial charge in [0.15, 0.2) is 11.6 Å². The zero-order valence-corrected chi connectivity index (χ0v) is 15.5. The molecule has 1 aliphatic rings. The summed E-state index contributed by atoms with van der Waals surface area (Å²) in [5, 5.41) is 9.76. The van der Waals surface area contributed by atoms with Gasteiger partial charge in [-0.05, 0) is 19.8 Å². The van der Waals surface area contributed by atoms with Gasteiger partial charge in [0.1, 0.15) is 17.3 Å². The number of rotatable bonds is 6. The molecule has 8 heteroatoms. The topological polar surface area (TPSA) is 102 Å². The van der Waals surface area contributed by atoms with Gasteiger partial charge >= 0.3 is 0 Å². The lowest BCUT2D eigenvalue weighted by molar-refractivity contribution is 0.102. The number of nitrogens with one attached hydrogen (secondary N) is 2. The number of ether oxygens (including phenoxy) is 1. The van der Waals surface area contributed by atoms with E-state index in [0.717, 1.165) is 25.0 Å². The Labute approximate surface area is 162 Å². The molecule has 1 amide bonds. The van der Waals surface area contributed by atoms with E-state index in [1.807, 2.05) is 30.3 Å². The Kier molecular flexibility index (Phi) is 5.29. The minimum absolute atomic E-state index is 0.158. The van der Waals surface area contributed by atoms with E-state index in [0.29, 0.717) is 29.8 Å². The van der Waals surface area contributed by atoms with E-state index in [9.17, 15) is 4.79 Å². The Bertz CT molecular complexity index is 951. The summed E-state index contributed by atoms with van der Waals surface area (Å²) in [6.07, 6.45) is 2.24. The molecular formula is C20H21N5O3. The van der Waals surface area contributed by atoms with Crippen molar-refractivity contribution in [1.29, 1.82) is 0 Å². The molecule has 2 N–H and O–H groups in total. The molecule has 144 valence electrons. The molecule has 8 nitrogen and oxygen atoms in total. The van der Waals surface area contributed by atoms with Gasteiger partial charge in [0.05, 0.1) is 6.10 Å². The number of carbonyl (C=O) groups is 1. The average molecular weight is 379 g/mol. The standard InChI is InChI=1S/C20H21N5O3/c1-13-10-18(25-28-13)24-20(26)16-11-17(21-12-15-8-5-9-27-15)23-19(22-16)14-6-3-2-4-7-14/h2-4,6-7,10-11,15H,5,8-9,12H2,1H3,(H,21,22,23)(H,24,25,26). The fraction of sp³-hybridized carbons (Fsp3) is 0.300. The highest BCUT2D eigenvalue weighted by molar-refractivity contribution is 6.03. The van der Waals surface area contributed by atoms with Crippen molar-refractivity contribution in [2.24, 2.45) is 0 Å². The fourth-order valence-electron chi connectivity index (χ4n) is 3.00. The Balaban J connectivity index is 1.59. The van der Waals surface area contributed by atoms with Gasteiger partial charge in [0.2, 0.25) is 0 Å². The second-order valence-electron chi connectivity index (χ2n) is 6.62. The maximum atomic E-state index is 12.7. The molecule has 3 heterocycles. The van der Waals surface area contributed by atoms with Crippen LogP contribution < -0.4 is 10.6 Å². The van der Waals surface area contributed by atoms with Crippen LogP contribution in [0.4, 0.5) is 11.6 Å². The lowest BCUT2D eigenvalue weighted by Gasteiger charge is -2.13. The minimum atomic E-state index is -0.381. The molecule has 1 fully saturated rings. The molecule has 1 aromatic carbocycles. The third-order valence-corrected chi connectivity index (χ3v) is 4.40. The van der Waals surface area contributed by atoms with Crippen LogP contribution in [-0.2, 0) is 4.74 Å². The molecular weight excluding hydrogens is 358 g/mol.